The van der Waals surface area contributed by atoms with Crippen LogP contribution in [0.15, 0.2) is 0 Å². The van der Waals surface area contributed by atoms with Crippen LogP contribution >= 0.6 is 0 Å². The van der Waals surface area contributed by atoms with E-state index in [1.807, 2.05) is 0 Å². The van der Waals surface area contributed by atoms with Crippen molar-refractivity contribution in [2.45, 2.75) is 51.2 Å². The molecule has 1 saturated heterocycles. The van der Waals surface area contributed by atoms with Crippen LogP contribution in [-0.2, 0) is 4.79 Å². The molecule has 0 aromatic carbocycles. The molecule has 1 saturated carbocycles. The molecule has 1 N–H and O–H groups in total. The topological polar surface area (TPSA) is 40.5 Å². The van der Waals surface area contributed by atoms with E-state index in [2.05, 4.69) is 11.8 Å². The number of likely N-dealkylation sites (tertiary alicyclic amines) is 1. The quantitative estimate of drug-likeness (QED) is 0.708. The monoisotopic (exact) mass is 211 g/mol. The smallest absolute Gasteiger partial charge is 0.133 e. The summed E-state index contributed by atoms with van der Waals surface area (Å²) in [7, 11) is 0. The Morgan fingerprint density at radius 3 is 2.53 bits per heavy atom. The normalized spacial score (nSPS) is 35.7. The van der Waals surface area contributed by atoms with Crippen LogP contribution < -0.4 is 0 Å². The van der Waals surface area contributed by atoms with Gasteiger partial charge in [-0.1, -0.05) is 6.92 Å². The first-order valence-corrected chi connectivity index (χ1v) is 6.10. The second-order valence-electron chi connectivity index (χ2n) is 5.10. The van der Waals surface area contributed by atoms with E-state index in [9.17, 15) is 9.90 Å². The number of hydrogen-bond donors (Lipinski definition) is 1. The Kier molecular flexibility index (Phi) is 3.42. The number of ketones is 1. The van der Waals surface area contributed by atoms with E-state index in [0.717, 1.165) is 45.2 Å². The maximum absolute atomic E-state index is 11.1. The van der Waals surface area contributed by atoms with Gasteiger partial charge in [-0.15, -0.1) is 0 Å². The summed E-state index contributed by atoms with van der Waals surface area (Å²) in [5.74, 6) is 0.813. The zero-order chi connectivity index (χ0) is 10.8. The number of rotatable bonds is 1. The Balaban J connectivity index is 1.86. The molecule has 0 aromatic rings. The lowest BCUT2D eigenvalue weighted by atomic mass is 9.89. The highest BCUT2D eigenvalue weighted by atomic mass is 16.3. The molecule has 0 radical (unpaired) electrons. The van der Waals surface area contributed by atoms with Crippen LogP contribution in [0.5, 0.6) is 0 Å². The Hall–Kier alpha value is -0.410. The van der Waals surface area contributed by atoms with Gasteiger partial charge in [0.05, 0.1) is 6.10 Å². The fourth-order valence-corrected chi connectivity index (χ4v) is 2.79. The summed E-state index contributed by atoms with van der Waals surface area (Å²) in [6, 6.07) is 0.595. The van der Waals surface area contributed by atoms with Crippen LogP contribution in [0, 0.1) is 5.92 Å². The van der Waals surface area contributed by atoms with Gasteiger partial charge in [-0.3, -0.25) is 9.69 Å². The average Bonchev–Trinajstić information content (AvgIpc) is 2.23. The summed E-state index contributed by atoms with van der Waals surface area (Å²) >= 11 is 0. The highest BCUT2D eigenvalue weighted by molar-refractivity contribution is 5.79. The molecule has 2 fully saturated rings. The van der Waals surface area contributed by atoms with E-state index >= 15 is 0 Å². The Bertz CT molecular complexity index is 232. The molecule has 0 amide bonds. The zero-order valence-corrected chi connectivity index (χ0v) is 9.48. The first-order chi connectivity index (χ1) is 7.16. The van der Waals surface area contributed by atoms with Crippen LogP contribution in [0.25, 0.3) is 0 Å². The second kappa shape index (κ2) is 4.62. The molecule has 0 aromatic heterocycles. The summed E-state index contributed by atoms with van der Waals surface area (Å²) in [5, 5.41) is 9.66. The van der Waals surface area contributed by atoms with Crippen LogP contribution in [0.3, 0.4) is 0 Å². The van der Waals surface area contributed by atoms with Crippen LogP contribution in [-0.4, -0.2) is 41.0 Å². The lowest BCUT2D eigenvalue weighted by Crippen LogP contribution is -2.48. The molecule has 1 aliphatic heterocycles. The van der Waals surface area contributed by atoms with Gasteiger partial charge >= 0.3 is 0 Å². The van der Waals surface area contributed by atoms with E-state index < -0.39 is 0 Å². The molecule has 0 spiro atoms. The molecule has 3 heteroatoms. The van der Waals surface area contributed by atoms with Crippen molar-refractivity contribution in [1.29, 1.82) is 0 Å². The third kappa shape index (κ3) is 2.58. The zero-order valence-electron chi connectivity index (χ0n) is 9.48. The van der Waals surface area contributed by atoms with Crippen molar-refractivity contribution in [1.82, 2.24) is 4.90 Å². The number of aliphatic hydroxyl groups is 1. The number of aliphatic hydroxyl groups excluding tert-OH is 1. The summed E-state index contributed by atoms with van der Waals surface area (Å²) in [4.78, 5) is 13.6. The highest BCUT2D eigenvalue weighted by Gasteiger charge is 2.30. The lowest BCUT2D eigenvalue weighted by Gasteiger charge is -2.40. The minimum Gasteiger partial charge on any atom is -0.393 e. The van der Waals surface area contributed by atoms with Crippen LogP contribution in [0.2, 0.25) is 0 Å². The molecule has 2 unspecified atom stereocenters. The predicted molar refractivity (Wildman–Crippen MR) is 58.6 cm³/mol. The van der Waals surface area contributed by atoms with E-state index in [-0.39, 0.29) is 6.10 Å². The standard InChI is InChI=1S/C12H21NO2/c1-9-8-13(7-6-12(9)15)10-2-4-11(14)5-3-10/h9-10,12,15H,2-8H2,1H3. The van der Waals surface area contributed by atoms with Gasteiger partial charge in [0.25, 0.3) is 0 Å². The first kappa shape index (κ1) is 11.1. The largest absolute Gasteiger partial charge is 0.393 e. The van der Waals surface area contributed by atoms with E-state index in [1.165, 1.54) is 0 Å². The summed E-state index contributed by atoms with van der Waals surface area (Å²) < 4.78 is 0. The predicted octanol–water partition coefficient (Wildman–Crippen LogP) is 1.20. The van der Waals surface area contributed by atoms with Crippen molar-refractivity contribution in [3.05, 3.63) is 0 Å². The molecule has 1 aliphatic carbocycles. The lowest BCUT2D eigenvalue weighted by molar-refractivity contribution is -0.121. The minimum atomic E-state index is -0.119. The number of carbonyl (C=O) groups is 1. The van der Waals surface area contributed by atoms with E-state index in [4.69, 9.17) is 0 Å². The number of Topliss-reactive ketones (excluding diaryl/α,β-unsaturated/α-hetero) is 1. The molecule has 1 heterocycles. The summed E-state index contributed by atoms with van der Waals surface area (Å²) in [6.07, 6.45) is 4.36. The molecule has 2 aliphatic rings. The van der Waals surface area contributed by atoms with Crippen molar-refractivity contribution in [2.75, 3.05) is 13.1 Å². The number of nitrogens with zero attached hydrogens (tertiary/aromatic N) is 1. The maximum Gasteiger partial charge on any atom is 0.133 e. The molecule has 15 heavy (non-hydrogen) atoms. The van der Waals surface area contributed by atoms with Crippen molar-refractivity contribution in [2.24, 2.45) is 5.92 Å². The van der Waals surface area contributed by atoms with E-state index in [1.54, 1.807) is 0 Å². The van der Waals surface area contributed by atoms with Crippen LogP contribution in [0.4, 0.5) is 0 Å². The van der Waals surface area contributed by atoms with Gasteiger partial charge in [0, 0.05) is 32.0 Å². The summed E-state index contributed by atoms with van der Waals surface area (Å²) in [5.41, 5.74) is 0. The third-order valence-corrected chi connectivity index (χ3v) is 3.92. The molecule has 2 atom stereocenters. The maximum atomic E-state index is 11.1. The second-order valence-corrected chi connectivity index (χ2v) is 5.10. The third-order valence-electron chi connectivity index (χ3n) is 3.92. The van der Waals surface area contributed by atoms with Crippen LogP contribution in [0.1, 0.15) is 39.0 Å². The van der Waals surface area contributed by atoms with Crippen molar-refractivity contribution in [3.63, 3.8) is 0 Å². The Morgan fingerprint density at radius 2 is 1.93 bits per heavy atom. The van der Waals surface area contributed by atoms with Gasteiger partial charge in [-0.05, 0) is 25.2 Å². The fraction of sp³-hybridized carbons (Fsp3) is 0.917. The van der Waals surface area contributed by atoms with Gasteiger partial charge in [-0.25, -0.2) is 0 Å². The Labute approximate surface area is 91.5 Å². The number of piperidine rings is 1. The fourth-order valence-electron chi connectivity index (χ4n) is 2.79. The number of hydrogen-bond acceptors (Lipinski definition) is 3. The molecule has 3 nitrogen and oxygen atoms in total. The van der Waals surface area contributed by atoms with Gasteiger partial charge in [0.15, 0.2) is 0 Å². The SMILES string of the molecule is CC1CN(C2CCC(=O)CC2)CCC1O. The first-order valence-electron chi connectivity index (χ1n) is 6.10. The molecular formula is C12H21NO2. The minimum absolute atomic E-state index is 0.119. The van der Waals surface area contributed by atoms with E-state index in [0.29, 0.717) is 17.7 Å². The van der Waals surface area contributed by atoms with Gasteiger partial charge in [0.1, 0.15) is 5.78 Å². The van der Waals surface area contributed by atoms with Gasteiger partial charge in [-0.2, -0.15) is 0 Å². The average molecular weight is 211 g/mol. The Morgan fingerprint density at radius 1 is 1.27 bits per heavy atom. The van der Waals surface area contributed by atoms with Gasteiger partial charge in [0.2, 0.25) is 0 Å². The molecule has 0 bridgehead atoms. The molecule has 86 valence electrons. The van der Waals surface area contributed by atoms with Crippen molar-refractivity contribution < 1.29 is 9.90 Å². The molecular weight excluding hydrogens is 190 g/mol. The van der Waals surface area contributed by atoms with Gasteiger partial charge < -0.3 is 5.11 Å². The van der Waals surface area contributed by atoms with Crippen molar-refractivity contribution >= 4 is 5.78 Å². The highest BCUT2D eigenvalue weighted by Crippen LogP contribution is 2.25. The molecule has 2 rings (SSSR count). The summed E-state index contributed by atoms with van der Waals surface area (Å²) in [6.45, 7) is 4.12. The van der Waals surface area contributed by atoms with Crippen molar-refractivity contribution in [3.8, 4) is 0 Å². The number of carbonyl (C=O) groups excluding carboxylic acids is 1.